The van der Waals surface area contributed by atoms with E-state index in [9.17, 15) is 14.4 Å². The van der Waals surface area contributed by atoms with E-state index in [-0.39, 0.29) is 10.7 Å². The van der Waals surface area contributed by atoms with Crippen LogP contribution in [0.25, 0.3) is 0 Å². The van der Waals surface area contributed by atoms with Gasteiger partial charge in [-0.3, -0.25) is 0 Å². The number of nitrogens with zero attached hydrogens (tertiary/aromatic N) is 2. The number of anilines is 1. The Bertz CT molecular complexity index is 663. The fraction of sp³-hybridized carbons (Fsp3) is 0.500. The number of amides is 2. The Labute approximate surface area is 150 Å². The van der Waals surface area contributed by atoms with E-state index in [0.717, 1.165) is 12.3 Å². The highest BCUT2D eigenvalue weighted by molar-refractivity contribution is 6.33. The number of halogens is 1. The molecular formula is C16H21ClN2O6. The van der Waals surface area contributed by atoms with Gasteiger partial charge in [0.2, 0.25) is 0 Å². The standard InChI is InChI=1S/C16H21ClN2O6/c1-15(2,3)24-13(22)19(14(23)25-16(4,5)6)9-7-10(17)11(12(20)21)18-8-9/h7-8H,1-6H3,(H,20,21). The highest BCUT2D eigenvalue weighted by atomic mass is 35.5. The number of hydrogen-bond acceptors (Lipinski definition) is 6. The molecule has 2 amide bonds. The van der Waals surface area contributed by atoms with Gasteiger partial charge in [-0.25, -0.2) is 19.4 Å². The van der Waals surface area contributed by atoms with Crippen LogP contribution in [-0.2, 0) is 9.47 Å². The highest BCUT2D eigenvalue weighted by Gasteiger charge is 2.33. The van der Waals surface area contributed by atoms with E-state index in [4.69, 9.17) is 26.2 Å². The predicted molar refractivity (Wildman–Crippen MR) is 91.2 cm³/mol. The Morgan fingerprint density at radius 1 is 1.04 bits per heavy atom. The molecule has 0 aliphatic heterocycles. The number of pyridine rings is 1. The number of ether oxygens (including phenoxy) is 2. The molecule has 0 saturated heterocycles. The summed E-state index contributed by atoms with van der Waals surface area (Å²) in [5.41, 5.74) is -2.21. The third-order valence-electron chi connectivity index (χ3n) is 2.44. The molecule has 138 valence electrons. The normalized spacial score (nSPS) is 11.6. The molecule has 9 heteroatoms. The largest absolute Gasteiger partial charge is 0.476 e. The summed E-state index contributed by atoms with van der Waals surface area (Å²) in [5, 5.41) is 8.74. The molecule has 0 fully saturated rings. The molecule has 0 unspecified atom stereocenters. The molecule has 0 saturated carbocycles. The van der Waals surface area contributed by atoms with Crippen LogP contribution in [0, 0.1) is 0 Å². The number of rotatable bonds is 2. The third-order valence-corrected chi connectivity index (χ3v) is 2.73. The number of hydrogen-bond donors (Lipinski definition) is 1. The molecule has 1 rings (SSSR count). The van der Waals surface area contributed by atoms with Crippen molar-refractivity contribution in [3.05, 3.63) is 23.0 Å². The van der Waals surface area contributed by atoms with Crippen molar-refractivity contribution in [3.8, 4) is 0 Å². The zero-order chi connectivity index (χ0) is 19.6. The van der Waals surface area contributed by atoms with E-state index >= 15 is 0 Å². The smallest absolute Gasteiger partial charge is 0.424 e. The molecule has 1 aromatic rings. The van der Waals surface area contributed by atoms with Crippen molar-refractivity contribution in [2.75, 3.05) is 4.90 Å². The quantitative estimate of drug-likeness (QED) is 0.832. The zero-order valence-electron chi connectivity index (χ0n) is 14.9. The van der Waals surface area contributed by atoms with Gasteiger partial charge in [-0.2, -0.15) is 4.90 Å². The van der Waals surface area contributed by atoms with Crippen LogP contribution in [0.3, 0.4) is 0 Å². The topological polar surface area (TPSA) is 106 Å². The first kappa shape index (κ1) is 20.7. The molecule has 1 N–H and O–H groups in total. The Kier molecular flexibility index (Phi) is 6.01. The number of carbonyl (C=O) groups excluding carboxylic acids is 2. The Balaban J connectivity index is 3.31. The minimum absolute atomic E-state index is 0.0708. The summed E-state index contributed by atoms with van der Waals surface area (Å²) in [4.78, 5) is 40.1. The first-order valence-electron chi connectivity index (χ1n) is 7.36. The van der Waals surface area contributed by atoms with Crippen LogP contribution in [0.15, 0.2) is 12.3 Å². The fourth-order valence-electron chi connectivity index (χ4n) is 1.61. The number of carbonyl (C=O) groups is 3. The van der Waals surface area contributed by atoms with Gasteiger partial charge in [0.1, 0.15) is 11.2 Å². The number of carboxylic acids is 1. The van der Waals surface area contributed by atoms with Gasteiger partial charge in [0.05, 0.1) is 16.9 Å². The second-order valence-corrected chi connectivity index (χ2v) is 7.53. The molecule has 0 aromatic carbocycles. The van der Waals surface area contributed by atoms with E-state index in [1.54, 1.807) is 41.5 Å². The maximum atomic E-state index is 12.4. The first-order valence-corrected chi connectivity index (χ1v) is 7.74. The summed E-state index contributed by atoms with van der Waals surface area (Å²) < 4.78 is 10.4. The molecule has 0 aliphatic rings. The Hall–Kier alpha value is -2.35. The Morgan fingerprint density at radius 3 is 1.80 bits per heavy atom. The van der Waals surface area contributed by atoms with Crippen LogP contribution >= 0.6 is 11.6 Å². The summed E-state index contributed by atoms with van der Waals surface area (Å²) in [6.45, 7) is 9.82. The van der Waals surface area contributed by atoms with Gasteiger partial charge < -0.3 is 14.6 Å². The van der Waals surface area contributed by atoms with Crippen molar-refractivity contribution in [1.29, 1.82) is 0 Å². The van der Waals surface area contributed by atoms with Crippen LogP contribution in [0.5, 0.6) is 0 Å². The van der Waals surface area contributed by atoms with Crippen LogP contribution < -0.4 is 4.90 Å². The van der Waals surface area contributed by atoms with E-state index in [0.29, 0.717) is 4.90 Å². The molecule has 25 heavy (non-hydrogen) atoms. The summed E-state index contributed by atoms with van der Waals surface area (Å²) in [6, 6.07) is 1.13. The highest BCUT2D eigenvalue weighted by Crippen LogP contribution is 2.25. The lowest BCUT2D eigenvalue weighted by Gasteiger charge is -2.28. The number of carboxylic acid groups (broad SMARTS) is 1. The van der Waals surface area contributed by atoms with E-state index in [1.807, 2.05) is 0 Å². The van der Waals surface area contributed by atoms with E-state index in [2.05, 4.69) is 4.98 Å². The number of imide groups is 1. The molecule has 1 aromatic heterocycles. The van der Waals surface area contributed by atoms with Gasteiger partial charge in [-0.05, 0) is 47.6 Å². The number of aromatic carboxylic acids is 1. The first-order chi connectivity index (χ1) is 11.2. The van der Waals surface area contributed by atoms with Gasteiger partial charge in [0.25, 0.3) is 0 Å². The monoisotopic (exact) mass is 372 g/mol. The molecular weight excluding hydrogens is 352 g/mol. The second-order valence-electron chi connectivity index (χ2n) is 7.13. The molecule has 0 spiro atoms. The average molecular weight is 373 g/mol. The molecule has 1 heterocycles. The van der Waals surface area contributed by atoms with Gasteiger partial charge in [0.15, 0.2) is 5.69 Å². The van der Waals surface area contributed by atoms with Gasteiger partial charge in [-0.15, -0.1) is 0 Å². The van der Waals surface area contributed by atoms with Crippen LogP contribution in [0.4, 0.5) is 15.3 Å². The zero-order valence-corrected chi connectivity index (χ0v) is 15.7. The lowest BCUT2D eigenvalue weighted by Crippen LogP contribution is -2.43. The summed E-state index contributed by atoms with van der Waals surface area (Å²) in [7, 11) is 0. The molecule has 8 nitrogen and oxygen atoms in total. The minimum atomic E-state index is -1.34. The van der Waals surface area contributed by atoms with Crippen molar-refractivity contribution in [2.24, 2.45) is 0 Å². The predicted octanol–water partition coefficient (Wildman–Crippen LogP) is 4.11. The third kappa shape index (κ3) is 6.22. The maximum absolute atomic E-state index is 12.4. The van der Waals surface area contributed by atoms with Crippen molar-refractivity contribution in [1.82, 2.24) is 4.98 Å². The average Bonchev–Trinajstić information content (AvgIpc) is 2.33. The van der Waals surface area contributed by atoms with Crippen molar-refractivity contribution >= 4 is 35.4 Å². The summed E-state index contributed by atoms with van der Waals surface area (Å²) >= 11 is 5.87. The SMILES string of the molecule is CC(C)(C)OC(=O)N(C(=O)OC(C)(C)C)c1cnc(C(=O)O)c(Cl)c1. The maximum Gasteiger partial charge on any atom is 0.424 e. The summed E-state index contributed by atoms with van der Waals surface area (Å²) in [5.74, 6) is -1.34. The van der Waals surface area contributed by atoms with E-state index in [1.165, 1.54) is 0 Å². The molecule has 0 bridgehead atoms. The lowest BCUT2D eigenvalue weighted by molar-refractivity contribution is 0.0430. The van der Waals surface area contributed by atoms with Crippen LogP contribution in [-0.4, -0.2) is 39.4 Å². The van der Waals surface area contributed by atoms with Gasteiger partial charge in [-0.1, -0.05) is 11.6 Å². The molecule has 0 atom stereocenters. The van der Waals surface area contributed by atoms with Gasteiger partial charge in [0, 0.05) is 0 Å². The molecule has 0 aliphatic carbocycles. The van der Waals surface area contributed by atoms with Crippen LogP contribution in [0.2, 0.25) is 5.02 Å². The van der Waals surface area contributed by atoms with E-state index < -0.39 is 35.1 Å². The fourth-order valence-corrected chi connectivity index (χ4v) is 1.85. The van der Waals surface area contributed by atoms with Crippen molar-refractivity contribution < 1.29 is 29.0 Å². The second kappa shape index (κ2) is 7.26. The summed E-state index contributed by atoms with van der Waals surface area (Å²) in [6.07, 6.45) is -0.964. The molecule has 0 radical (unpaired) electrons. The van der Waals surface area contributed by atoms with Crippen LogP contribution in [0.1, 0.15) is 52.0 Å². The van der Waals surface area contributed by atoms with Crippen molar-refractivity contribution in [2.45, 2.75) is 52.7 Å². The lowest BCUT2D eigenvalue weighted by atomic mass is 10.2. The van der Waals surface area contributed by atoms with Crippen molar-refractivity contribution in [3.63, 3.8) is 0 Å². The number of aromatic nitrogens is 1. The minimum Gasteiger partial charge on any atom is -0.476 e. The van der Waals surface area contributed by atoms with Gasteiger partial charge >= 0.3 is 18.2 Å². The Morgan fingerprint density at radius 2 is 1.48 bits per heavy atom.